The minimum absolute atomic E-state index is 0.00803. The molecule has 2 amide bonds. The summed E-state index contributed by atoms with van der Waals surface area (Å²) in [5.74, 6) is -3.15. The normalized spacial score (nSPS) is 16.4. The Morgan fingerprint density at radius 1 is 1.00 bits per heavy atom. The number of ether oxygens (including phenoxy) is 1. The van der Waals surface area contributed by atoms with Crippen LogP contribution in [0.4, 0.5) is 18.0 Å². The first-order valence-electron chi connectivity index (χ1n) is 11.8. The number of aromatic carboxylic acids is 1. The van der Waals surface area contributed by atoms with Gasteiger partial charge in [-0.3, -0.25) is 5.32 Å². The highest BCUT2D eigenvalue weighted by atomic mass is 19.4. The van der Waals surface area contributed by atoms with Crippen LogP contribution >= 0.6 is 0 Å². The van der Waals surface area contributed by atoms with Gasteiger partial charge in [-0.25, -0.2) is 14.1 Å². The van der Waals surface area contributed by atoms with Gasteiger partial charge < -0.3 is 19.7 Å². The van der Waals surface area contributed by atoms with E-state index in [2.05, 4.69) is 12.2 Å². The molecule has 3 rings (SSSR count). The molecule has 0 aromatic heterocycles. The average Bonchev–Trinajstić information content (AvgIpc) is 2.88. The summed E-state index contributed by atoms with van der Waals surface area (Å²) in [6, 6.07) is 16.2. The second kappa shape index (κ2) is 13.1. The minimum atomic E-state index is -5.19. The number of hydrogen-bond acceptors (Lipinski definition) is 5. The molecule has 0 saturated carbocycles. The number of quaternary nitrogens is 1. The number of nitrogens with one attached hydrogen (secondary N) is 1. The van der Waals surface area contributed by atoms with Crippen molar-refractivity contribution in [3.05, 3.63) is 65.7 Å². The molecule has 8 nitrogen and oxygen atoms in total. The number of carbonyl (C=O) groups is 3. The average molecular weight is 525 g/mol. The molecule has 2 aromatic carbocycles. The van der Waals surface area contributed by atoms with Crippen LogP contribution in [0.5, 0.6) is 5.75 Å². The number of carboxylic acid groups (broad SMARTS) is 2. The second-order valence-electron chi connectivity index (χ2n) is 8.90. The summed E-state index contributed by atoms with van der Waals surface area (Å²) >= 11 is 0. The summed E-state index contributed by atoms with van der Waals surface area (Å²) in [5, 5.41) is 21.0. The molecule has 2 N–H and O–H groups in total. The lowest BCUT2D eigenvalue weighted by molar-refractivity contribution is -0.879. The maximum absolute atomic E-state index is 13.4. The zero-order chi connectivity index (χ0) is 27.6. The van der Waals surface area contributed by atoms with Crippen LogP contribution in [0.25, 0.3) is 0 Å². The van der Waals surface area contributed by atoms with E-state index >= 15 is 0 Å². The predicted octanol–water partition coefficient (Wildman–Crippen LogP) is 3.92. The molecular formula is C26H31F3N2O6. The Kier molecular flexibility index (Phi) is 10.5. The molecule has 0 aliphatic carbocycles. The first-order valence-corrected chi connectivity index (χ1v) is 11.8. The van der Waals surface area contributed by atoms with E-state index in [0.29, 0.717) is 11.1 Å². The molecule has 1 aliphatic heterocycles. The van der Waals surface area contributed by atoms with Crippen LogP contribution < -0.4 is 15.2 Å². The molecule has 202 valence electrons. The standard InChI is InChI=1S/C24H30N2O4.C2HF3O2/c1-18(17-30-22-9-5-3-6-10-22)26(15-7-4-8-16-26)24(29)25-19(2)20-11-13-21(14-12-20)23(27)28;3-2(4,5)1(6)7/h3,5-6,9-14,18-19H,4,7-8,15-17H2,1-2H3,(H-,25,27,28,29);(H,6,7)/t18?,19-;/m0./s1. The van der Waals surface area contributed by atoms with Crippen LogP contribution in [0.1, 0.15) is 55.1 Å². The molecule has 0 spiro atoms. The van der Waals surface area contributed by atoms with Crippen molar-refractivity contribution in [2.24, 2.45) is 0 Å². The van der Waals surface area contributed by atoms with Crippen molar-refractivity contribution in [3.8, 4) is 5.75 Å². The number of amides is 2. The van der Waals surface area contributed by atoms with E-state index in [1.807, 2.05) is 37.3 Å². The molecule has 2 aromatic rings. The van der Waals surface area contributed by atoms with Gasteiger partial charge in [-0.15, -0.1) is 0 Å². The molecule has 1 unspecified atom stereocenters. The number of hydrogen-bond donors (Lipinski definition) is 2. The third-order valence-electron chi connectivity index (χ3n) is 6.33. The Labute approximate surface area is 213 Å². The lowest BCUT2D eigenvalue weighted by Crippen LogP contribution is -2.65. The molecule has 11 heteroatoms. The van der Waals surface area contributed by atoms with Gasteiger partial charge in [0.25, 0.3) is 0 Å². The zero-order valence-corrected chi connectivity index (χ0v) is 20.7. The maximum Gasteiger partial charge on any atom is 0.430 e. The van der Waals surface area contributed by atoms with Gasteiger partial charge >= 0.3 is 18.2 Å². The van der Waals surface area contributed by atoms with Gasteiger partial charge in [0.1, 0.15) is 24.4 Å². The third-order valence-corrected chi connectivity index (χ3v) is 6.33. The molecule has 0 radical (unpaired) electrons. The fourth-order valence-corrected chi connectivity index (χ4v) is 4.11. The van der Waals surface area contributed by atoms with Crippen molar-refractivity contribution in [1.29, 1.82) is 0 Å². The summed E-state index contributed by atoms with van der Waals surface area (Å²) in [5.41, 5.74) is 1.13. The first kappa shape index (κ1) is 29.6. The summed E-state index contributed by atoms with van der Waals surface area (Å²) in [4.78, 5) is 33.3. The third kappa shape index (κ3) is 8.49. The SMILES string of the molecule is CC(COc1ccccc1)[N+]1(C(=O)N[C@@H](C)c2ccc(C(=O)O)cc2)CCCCC1.O=C([O-])C(F)(F)F. The fraction of sp³-hybridized carbons (Fsp3) is 0.423. The van der Waals surface area contributed by atoms with Gasteiger partial charge in [0, 0.05) is 0 Å². The predicted molar refractivity (Wildman–Crippen MR) is 127 cm³/mol. The minimum Gasteiger partial charge on any atom is -0.542 e. The summed E-state index contributed by atoms with van der Waals surface area (Å²) in [7, 11) is 0. The van der Waals surface area contributed by atoms with Gasteiger partial charge in [-0.05, 0) is 62.9 Å². The van der Waals surface area contributed by atoms with Crippen molar-refractivity contribution in [2.45, 2.75) is 51.4 Å². The number of likely N-dealkylation sites (tertiary alicyclic amines) is 1. The number of carbonyl (C=O) groups excluding carboxylic acids is 2. The Morgan fingerprint density at radius 3 is 2.03 bits per heavy atom. The van der Waals surface area contributed by atoms with Crippen molar-refractivity contribution >= 4 is 18.0 Å². The van der Waals surface area contributed by atoms with Crippen LogP contribution in [-0.2, 0) is 4.79 Å². The van der Waals surface area contributed by atoms with Crippen LogP contribution in [0.2, 0.25) is 0 Å². The van der Waals surface area contributed by atoms with Gasteiger partial charge in [-0.1, -0.05) is 30.3 Å². The summed E-state index contributed by atoms with van der Waals surface area (Å²) in [6.07, 6.45) is -2.01. The highest BCUT2D eigenvalue weighted by molar-refractivity contribution is 5.87. The van der Waals surface area contributed by atoms with Crippen LogP contribution in [-0.4, -0.2) is 59.5 Å². The Morgan fingerprint density at radius 2 is 1.54 bits per heavy atom. The van der Waals surface area contributed by atoms with Crippen molar-refractivity contribution < 1.29 is 47.0 Å². The fourth-order valence-electron chi connectivity index (χ4n) is 4.11. The highest BCUT2D eigenvalue weighted by Gasteiger charge is 2.44. The molecule has 1 aliphatic rings. The Balaban J connectivity index is 0.000000604. The van der Waals surface area contributed by atoms with Crippen LogP contribution in [0, 0.1) is 0 Å². The highest BCUT2D eigenvalue weighted by Crippen LogP contribution is 2.26. The first-order chi connectivity index (χ1) is 17.4. The van der Waals surface area contributed by atoms with Gasteiger partial charge in [0.15, 0.2) is 0 Å². The van der Waals surface area contributed by atoms with Gasteiger partial charge in [0.05, 0.1) is 24.7 Å². The number of alkyl halides is 3. The lowest BCUT2D eigenvalue weighted by Gasteiger charge is -2.43. The van der Waals surface area contributed by atoms with E-state index in [4.69, 9.17) is 19.7 Å². The van der Waals surface area contributed by atoms with Crippen LogP contribution in [0.3, 0.4) is 0 Å². The smallest absolute Gasteiger partial charge is 0.430 e. The van der Waals surface area contributed by atoms with E-state index in [1.54, 1.807) is 24.3 Å². The number of carboxylic acids is 2. The quantitative estimate of drug-likeness (QED) is 0.531. The van der Waals surface area contributed by atoms with E-state index in [1.165, 1.54) is 0 Å². The zero-order valence-electron chi connectivity index (χ0n) is 20.7. The molecular weight excluding hydrogens is 493 g/mol. The summed E-state index contributed by atoms with van der Waals surface area (Å²) < 4.78 is 37.9. The number of nitrogens with zero attached hydrogens (tertiary/aromatic N) is 1. The number of piperidine rings is 1. The Hall–Kier alpha value is -3.60. The lowest BCUT2D eigenvalue weighted by atomic mass is 10.0. The molecule has 2 atom stereocenters. The van der Waals surface area contributed by atoms with E-state index < -0.39 is 18.1 Å². The molecule has 37 heavy (non-hydrogen) atoms. The topological polar surface area (TPSA) is 116 Å². The molecule has 1 heterocycles. The number of halogens is 3. The molecule has 1 saturated heterocycles. The van der Waals surface area contributed by atoms with E-state index in [-0.39, 0.29) is 23.7 Å². The second-order valence-corrected chi connectivity index (χ2v) is 8.90. The van der Waals surface area contributed by atoms with Crippen LogP contribution in [0.15, 0.2) is 54.6 Å². The number of benzene rings is 2. The van der Waals surface area contributed by atoms with Crippen molar-refractivity contribution in [1.82, 2.24) is 5.32 Å². The number of urea groups is 1. The van der Waals surface area contributed by atoms with Gasteiger partial charge in [-0.2, -0.15) is 13.2 Å². The summed E-state index contributed by atoms with van der Waals surface area (Å²) in [6.45, 7) is 6.09. The number of rotatable bonds is 7. The molecule has 1 fully saturated rings. The number of para-hydroxylation sites is 1. The van der Waals surface area contributed by atoms with Gasteiger partial charge in [0.2, 0.25) is 0 Å². The largest absolute Gasteiger partial charge is 0.542 e. The monoisotopic (exact) mass is 524 g/mol. The van der Waals surface area contributed by atoms with E-state index in [0.717, 1.165) is 43.7 Å². The van der Waals surface area contributed by atoms with Crippen molar-refractivity contribution in [3.63, 3.8) is 0 Å². The maximum atomic E-state index is 13.4. The Bertz CT molecular complexity index is 1040. The van der Waals surface area contributed by atoms with E-state index in [9.17, 15) is 22.8 Å². The van der Waals surface area contributed by atoms with Crippen molar-refractivity contribution in [2.75, 3.05) is 19.7 Å². The molecule has 0 bridgehead atoms. The number of aliphatic carboxylic acids is 1.